The van der Waals surface area contributed by atoms with E-state index in [0.717, 1.165) is 6.42 Å². The Balaban J connectivity index is 2.83. The fourth-order valence-corrected chi connectivity index (χ4v) is 1.80. The van der Waals surface area contributed by atoms with Crippen LogP contribution >= 0.6 is 0 Å². The average Bonchev–Trinajstić information content (AvgIpc) is 2.44. The third kappa shape index (κ3) is 5.33. The molecule has 1 unspecified atom stereocenters. The summed E-state index contributed by atoms with van der Waals surface area (Å²) in [7, 11) is 1.56. The van der Waals surface area contributed by atoms with Gasteiger partial charge in [0.1, 0.15) is 11.8 Å². The number of hydrogen-bond acceptors (Lipinski definition) is 4. The van der Waals surface area contributed by atoms with Gasteiger partial charge in [-0.25, -0.2) is 0 Å². The first-order chi connectivity index (χ1) is 9.97. The second-order valence-corrected chi connectivity index (χ2v) is 4.75. The lowest BCUT2D eigenvalue weighted by Gasteiger charge is -2.18. The fraction of sp³-hybridized carbons (Fsp3) is 0.467. The van der Waals surface area contributed by atoms with Crippen LogP contribution in [-0.2, 0) is 9.59 Å². The maximum absolute atomic E-state index is 11.9. The van der Waals surface area contributed by atoms with Crippen LogP contribution in [0.3, 0.4) is 0 Å². The molecule has 21 heavy (non-hydrogen) atoms. The fourth-order valence-electron chi connectivity index (χ4n) is 1.80. The summed E-state index contributed by atoms with van der Waals surface area (Å²) in [5.74, 6) is 0.378. The zero-order valence-electron chi connectivity index (χ0n) is 12.9. The molecular weight excluding hydrogens is 270 g/mol. The first-order valence-electron chi connectivity index (χ1n) is 6.97. The lowest BCUT2D eigenvalue weighted by Crippen LogP contribution is -2.37. The molecule has 0 aliphatic heterocycles. The van der Waals surface area contributed by atoms with E-state index >= 15 is 0 Å². The molecule has 0 bridgehead atoms. The molecule has 116 valence electrons. The summed E-state index contributed by atoms with van der Waals surface area (Å²) in [6, 6.07) is 4.82. The number of nitrogens with one attached hydrogen (secondary N) is 3. The number of ether oxygens (including phenoxy) is 1. The zero-order chi connectivity index (χ0) is 15.8. The van der Waals surface area contributed by atoms with Gasteiger partial charge in [0.05, 0.1) is 12.8 Å². The number of rotatable bonds is 7. The summed E-state index contributed by atoms with van der Waals surface area (Å²) in [5.41, 5.74) is 1.30. The normalized spacial score (nSPS) is 11.4. The van der Waals surface area contributed by atoms with Crippen LogP contribution in [-0.4, -0.2) is 31.5 Å². The second kappa shape index (κ2) is 8.14. The van der Waals surface area contributed by atoms with E-state index in [0.29, 0.717) is 23.7 Å². The van der Waals surface area contributed by atoms with Crippen LogP contribution in [0, 0.1) is 0 Å². The summed E-state index contributed by atoms with van der Waals surface area (Å²) < 4.78 is 5.26. The topological polar surface area (TPSA) is 79.5 Å². The number of benzene rings is 1. The molecular formula is C15H23N3O3. The monoisotopic (exact) mass is 293 g/mol. The van der Waals surface area contributed by atoms with Crippen molar-refractivity contribution in [1.82, 2.24) is 5.32 Å². The highest BCUT2D eigenvalue weighted by molar-refractivity contribution is 5.90. The van der Waals surface area contributed by atoms with Crippen LogP contribution in [0.15, 0.2) is 18.2 Å². The Kier molecular flexibility index (Phi) is 6.52. The predicted octanol–water partition coefficient (Wildman–Crippen LogP) is 1.98. The molecule has 1 aromatic rings. The van der Waals surface area contributed by atoms with Crippen molar-refractivity contribution in [2.75, 3.05) is 24.3 Å². The van der Waals surface area contributed by atoms with Gasteiger partial charge in [-0.3, -0.25) is 9.59 Å². The Bertz CT molecular complexity index is 503. The van der Waals surface area contributed by atoms with Gasteiger partial charge in [0, 0.05) is 19.2 Å². The van der Waals surface area contributed by atoms with Crippen molar-refractivity contribution in [1.29, 1.82) is 0 Å². The SMILES string of the molecule is CCCNC(=O)C(C)Nc1cc(NC(C)=O)ccc1OC. The van der Waals surface area contributed by atoms with Crippen LogP contribution in [0.4, 0.5) is 11.4 Å². The molecule has 0 fully saturated rings. The average molecular weight is 293 g/mol. The highest BCUT2D eigenvalue weighted by Crippen LogP contribution is 2.28. The molecule has 0 saturated heterocycles. The minimum atomic E-state index is -0.405. The summed E-state index contributed by atoms with van der Waals surface area (Å²) in [5, 5.41) is 8.62. The third-order valence-electron chi connectivity index (χ3n) is 2.83. The van der Waals surface area contributed by atoms with E-state index < -0.39 is 6.04 Å². The van der Waals surface area contributed by atoms with Crippen molar-refractivity contribution < 1.29 is 14.3 Å². The number of anilines is 2. The molecule has 0 saturated carbocycles. The van der Waals surface area contributed by atoms with E-state index in [2.05, 4.69) is 16.0 Å². The van der Waals surface area contributed by atoms with Crippen molar-refractivity contribution in [3.8, 4) is 5.75 Å². The molecule has 0 radical (unpaired) electrons. The summed E-state index contributed by atoms with van der Waals surface area (Å²) in [6.45, 7) is 5.86. The molecule has 3 N–H and O–H groups in total. The molecule has 0 aliphatic rings. The van der Waals surface area contributed by atoms with Gasteiger partial charge < -0.3 is 20.7 Å². The van der Waals surface area contributed by atoms with Gasteiger partial charge >= 0.3 is 0 Å². The molecule has 6 nitrogen and oxygen atoms in total. The van der Waals surface area contributed by atoms with E-state index in [4.69, 9.17) is 4.74 Å². The number of carbonyl (C=O) groups is 2. The minimum absolute atomic E-state index is 0.0798. The van der Waals surface area contributed by atoms with Gasteiger partial charge in [-0.05, 0) is 31.5 Å². The zero-order valence-corrected chi connectivity index (χ0v) is 12.9. The van der Waals surface area contributed by atoms with Crippen LogP contribution in [0.25, 0.3) is 0 Å². The third-order valence-corrected chi connectivity index (χ3v) is 2.83. The Morgan fingerprint density at radius 3 is 2.62 bits per heavy atom. The van der Waals surface area contributed by atoms with Crippen molar-refractivity contribution in [2.45, 2.75) is 33.2 Å². The quantitative estimate of drug-likeness (QED) is 0.718. The lowest BCUT2D eigenvalue weighted by molar-refractivity contribution is -0.121. The van der Waals surface area contributed by atoms with Crippen molar-refractivity contribution >= 4 is 23.2 Å². The van der Waals surface area contributed by atoms with Gasteiger partial charge in [0.15, 0.2) is 0 Å². The van der Waals surface area contributed by atoms with Crippen molar-refractivity contribution in [2.24, 2.45) is 0 Å². The molecule has 0 aliphatic carbocycles. The van der Waals surface area contributed by atoms with Crippen LogP contribution in [0.2, 0.25) is 0 Å². The molecule has 2 amide bonds. The van der Waals surface area contributed by atoms with Gasteiger partial charge in [0.25, 0.3) is 0 Å². The standard InChI is InChI=1S/C15H23N3O3/c1-5-8-16-15(20)10(2)17-13-9-12(18-11(3)19)6-7-14(13)21-4/h6-7,9-10,17H,5,8H2,1-4H3,(H,16,20)(H,18,19). The molecule has 0 heterocycles. The largest absolute Gasteiger partial charge is 0.495 e. The Morgan fingerprint density at radius 2 is 2.05 bits per heavy atom. The predicted molar refractivity (Wildman–Crippen MR) is 83.7 cm³/mol. The van der Waals surface area contributed by atoms with Gasteiger partial charge in [-0.15, -0.1) is 0 Å². The smallest absolute Gasteiger partial charge is 0.242 e. The van der Waals surface area contributed by atoms with Crippen molar-refractivity contribution in [3.63, 3.8) is 0 Å². The van der Waals surface area contributed by atoms with Gasteiger partial charge in [-0.1, -0.05) is 6.92 Å². The maximum Gasteiger partial charge on any atom is 0.242 e. The summed E-state index contributed by atoms with van der Waals surface area (Å²) >= 11 is 0. The van der Waals surface area contributed by atoms with E-state index in [1.165, 1.54) is 6.92 Å². The lowest BCUT2D eigenvalue weighted by atomic mass is 10.2. The highest BCUT2D eigenvalue weighted by Gasteiger charge is 2.14. The van der Waals surface area contributed by atoms with Crippen molar-refractivity contribution in [3.05, 3.63) is 18.2 Å². The highest BCUT2D eigenvalue weighted by atomic mass is 16.5. The molecule has 0 aromatic heterocycles. The van der Waals surface area contributed by atoms with E-state index in [1.807, 2.05) is 6.92 Å². The van der Waals surface area contributed by atoms with Gasteiger partial charge in [-0.2, -0.15) is 0 Å². The Labute approximate surface area is 125 Å². The Hall–Kier alpha value is -2.24. The first kappa shape index (κ1) is 16.8. The second-order valence-electron chi connectivity index (χ2n) is 4.75. The molecule has 1 aromatic carbocycles. The first-order valence-corrected chi connectivity index (χ1v) is 6.97. The van der Waals surface area contributed by atoms with Crippen LogP contribution in [0.1, 0.15) is 27.2 Å². The number of amides is 2. The summed E-state index contributed by atoms with van der Waals surface area (Å²) in [4.78, 5) is 23.0. The number of methoxy groups -OCH3 is 1. The maximum atomic E-state index is 11.9. The molecule has 0 spiro atoms. The van der Waals surface area contributed by atoms with Gasteiger partial charge in [0.2, 0.25) is 11.8 Å². The number of hydrogen-bond donors (Lipinski definition) is 3. The Morgan fingerprint density at radius 1 is 1.33 bits per heavy atom. The van der Waals surface area contributed by atoms with E-state index in [9.17, 15) is 9.59 Å². The molecule has 6 heteroatoms. The van der Waals surface area contributed by atoms with Crippen LogP contribution in [0.5, 0.6) is 5.75 Å². The molecule has 1 rings (SSSR count). The van der Waals surface area contributed by atoms with E-state index in [1.54, 1.807) is 32.2 Å². The van der Waals surface area contributed by atoms with E-state index in [-0.39, 0.29) is 11.8 Å². The summed E-state index contributed by atoms with van der Waals surface area (Å²) in [6.07, 6.45) is 0.889. The molecule has 1 atom stereocenters. The minimum Gasteiger partial charge on any atom is -0.495 e. The van der Waals surface area contributed by atoms with Crippen LogP contribution < -0.4 is 20.7 Å². The number of carbonyl (C=O) groups excluding carboxylic acids is 2.